The van der Waals surface area contributed by atoms with E-state index in [1.165, 1.54) is 0 Å². The summed E-state index contributed by atoms with van der Waals surface area (Å²) in [6.07, 6.45) is 5.68. The van der Waals surface area contributed by atoms with Crippen LogP contribution in [0.1, 0.15) is 11.4 Å². The highest BCUT2D eigenvalue weighted by molar-refractivity contribution is 9.10. The molecule has 4 heterocycles. The molecule has 0 saturated heterocycles. The number of aryl methyl sites for hydroxylation is 2. The molecule has 0 saturated carbocycles. The molecule has 0 aliphatic rings. The van der Waals surface area contributed by atoms with Crippen molar-refractivity contribution in [3.8, 4) is 22.8 Å². The number of benzene rings is 1. The van der Waals surface area contributed by atoms with Gasteiger partial charge in [0.2, 0.25) is 11.6 Å². The Bertz CT molecular complexity index is 1280. The van der Waals surface area contributed by atoms with Crippen LogP contribution < -0.4 is 0 Å². The molecule has 0 radical (unpaired) electrons. The number of hydrogen-bond donors (Lipinski definition) is 0. The molecule has 1 aromatic carbocycles. The van der Waals surface area contributed by atoms with Gasteiger partial charge in [-0.1, -0.05) is 28.1 Å². The van der Waals surface area contributed by atoms with E-state index in [4.69, 9.17) is 0 Å². The fourth-order valence-electron chi connectivity index (χ4n) is 2.99. The van der Waals surface area contributed by atoms with Crippen molar-refractivity contribution in [3.63, 3.8) is 0 Å². The van der Waals surface area contributed by atoms with Crippen LogP contribution in [-0.2, 0) is 0 Å². The normalized spacial score (nSPS) is 11.5. The lowest BCUT2D eigenvalue weighted by atomic mass is 10.2. The Labute approximate surface area is 162 Å². The maximum Gasteiger partial charge on any atom is 0.234 e. The van der Waals surface area contributed by atoms with Crippen LogP contribution in [0, 0.1) is 13.8 Å². The van der Waals surface area contributed by atoms with Gasteiger partial charge in [-0.3, -0.25) is 9.38 Å². The highest BCUT2D eigenvalue weighted by atomic mass is 79.9. The van der Waals surface area contributed by atoms with E-state index in [0.717, 1.165) is 32.8 Å². The van der Waals surface area contributed by atoms with Crippen LogP contribution in [0.3, 0.4) is 0 Å². The van der Waals surface area contributed by atoms with E-state index in [2.05, 4.69) is 41.0 Å². The number of hydrogen-bond acceptors (Lipinski definition) is 5. The average molecular weight is 420 g/mol. The first-order chi connectivity index (χ1) is 13.1. The summed E-state index contributed by atoms with van der Waals surface area (Å²) in [6.45, 7) is 3.87. The number of rotatable bonds is 2. The lowest BCUT2D eigenvalue weighted by Gasteiger charge is -1.97. The molecule has 0 spiro atoms. The van der Waals surface area contributed by atoms with Crippen molar-refractivity contribution in [2.75, 3.05) is 0 Å². The smallest absolute Gasteiger partial charge is 0.234 e. The lowest BCUT2D eigenvalue weighted by Crippen LogP contribution is -1.97. The van der Waals surface area contributed by atoms with E-state index < -0.39 is 0 Å². The SMILES string of the molecule is Cc1ncc(C)n2nc(-c3ccn4cc(-c5cccc(Br)c5)nc4n3)nc12. The Morgan fingerprint density at radius 3 is 2.67 bits per heavy atom. The van der Waals surface area contributed by atoms with Gasteiger partial charge in [0.15, 0.2) is 5.65 Å². The zero-order valence-electron chi connectivity index (χ0n) is 14.6. The number of halogens is 1. The maximum absolute atomic E-state index is 4.66. The highest BCUT2D eigenvalue weighted by Gasteiger charge is 2.13. The Morgan fingerprint density at radius 2 is 1.85 bits per heavy atom. The molecular formula is C19H14BrN7. The van der Waals surface area contributed by atoms with Crippen LogP contribution in [0.2, 0.25) is 0 Å². The molecule has 27 heavy (non-hydrogen) atoms. The zero-order valence-corrected chi connectivity index (χ0v) is 16.2. The minimum absolute atomic E-state index is 0.559. The summed E-state index contributed by atoms with van der Waals surface area (Å²) in [7, 11) is 0. The van der Waals surface area contributed by atoms with Gasteiger partial charge < -0.3 is 0 Å². The van der Waals surface area contributed by atoms with Crippen LogP contribution in [0.15, 0.2) is 53.4 Å². The molecule has 5 aromatic rings. The van der Waals surface area contributed by atoms with Crippen molar-refractivity contribution in [2.45, 2.75) is 13.8 Å². The van der Waals surface area contributed by atoms with Gasteiger partial charge in [0.1, 0.15) is 5.69 Å². The number of aromatic nitrogens is 7. The molecule has 0 aliphatic heterocycles. The van der Waals surface area contributed by atoms with Gasteiger partial charge in [-0.25, -0.2) is 19.5 Å². The lowest BCUT2D eigenvalue weighted by molar-refractivity contribution is 0.889. The monoisotopic (exact) mass is 419 g/mol. The molecular weight excluding hydrogens is 406 g/mol. The number of fused-ring (bicyclic) bond motifs is 2. The van der Waals surface area contributed by atoms with E-state index >= 15 is 0 Å². The second kappa shape index (κ2) is 5.95. The zero-order chi connectivity index (χ0) is 18.5. The number of nitrogens with zero attached hydrogens (tertiary/aromatic N) is 7. The second-order valence-electron chi connectivity index (χ2n) is 6.31. The van der Waals surface area contributed by atoms with Crippen molar-refractivity contribution in [1.29, 1.82) is 0 Å². The van der Waals surface area contributed by atoms with Crippen LogP contribution in [-0.4, -0.2) is 34.0 Å². The van der Waals surface area contributed by atoms with Crippen molar-refractivity contribution in [1.82, 2.24) is 34.0 Å². The third-order valence-electron chi connectivity index (χ3n) is 4.39. The molecule has 0 atom stereocenters. The van der Waals surface area contributed by atoms with E-state index in [0.29, 0.717) is 17.3 Å². The predicted molar refractivity (Wildman–Crippen MR) is 105 cm³/mol. The van der Waals surface area contributed by atoms with Gasteiger partial charge in [-0.05, 0) is 32.0 Å². The highest BCUT2D eigenvalue weighted by Crippen LogP contribution is 2.23. The van der Waals surface area contributed by atoms with E-state index in [1.807, 2.05) is 61.0 Å². The standard InChI is InChI=1S/C19H14BrN7/c1-11-9-21-12(2)18-24-17(25-27(11)18)15-6-7-26-10-16(23-19(26)22-15)13-4-3-5-14(20)8-13/h3-10H,1-2H3. The third-order valence-corrected chi connectivity index (χ3v) is 4.88. The van der Waals surface area contributed by atoms with E-state index in [-0.39, 0.29) is 0 Å². The summed E-state index contributed by atoms with van der Waals surface area (Å²) >= 11 is 3.50. The largest absolute Gasteiger partial charge is 0.290 e. The first-order valence-electron chi connectivity index (χ1n) is 8.39. The predicted octanol–water partition coefficient (Wildman–Crippen LogP) is 3.88. The number of imidazole rings is 1. The summed E-state index contributed by atoms with van der Waals surface area (Å²) in [5.41, 5.74) is 5.06. The van der Waals surface area contributed by atoms with Gasteiger partial charge in [0.05, 0.1) is 17.1 Å². The quantitative estimate of drug-likeness (QED) is 0.434. The van der Waals surface area contributed by atoms with Crippen LogP contribution >= 0.6 is 15.9 Å². The first kappa shape index (κ1) is 16.1. The summed E-state index contributed by atoms with van der Waals surface area (Å²) in [4.78, 5) is 18.3. The minimum atomic E-state index is 0.559. The molecule has 0 amide bonds. The van der Waals surface area contributed by atoms with Gasteiger partial charge >= 0.3 is 0 Å². The molecule has 0 unspecified atom stereocenters. The van der Waals surface area contributed by atoms with E-state index in [1.54, 1.807) is 10.7 Å². The summed E-state index contributed by atoms with van der Waals surface area (Å²) < 4.78 is 4.70. The Morgan fingerprint density at radius 1 is 1.00 bits per heavy atom. The van der Waals surface area contributed by atoms with Crippen molar-refractivity contribution >= 4 is 27.4 Å². The molecule has 7 nitrogen and oxygen atoms in total. The molecule has 0 bridgehead atoms. The molecule has 0 N–H and O–H groups in total. The van der Waals surface area contributed by atoms with Crippen LogP contribution in [0.25, 0.3) is 34.2 Å². The summed E-state index contributed by atoms with van der Waals surface area (Å²) in [5, 5.41) is 4.59. The molecule has 8 heteroatoms. The topological polar surface area (TPSA) is 73.3 Å². The van der Waals surface area contributed by atoms with Gasteiger partial charge in [-0.15, -0.1) is 5.10 Å². The molecule has 132 valence electrons. The van der Waals surface area contributed by atoms with E-state index in [9.17, 15) is 0 Å². The molecule has 4 aromatic heterocycles. The van der Waals surface area contributed by atoms with Gasteiger partial charge in [-0.2, -0.15) is 0 Å². The molecule has 0 fully saturated rings. The van der Waals surface area contributed by atoms with Crippen molar-refractivity contribution in [2.24, 2.45) is 0 Å². The summed E-state index contributed by atoms with van der Waals surface area (Å²) in [6, 6.07) is 9.93. The van der Waals surface area contributed by atoms with Gasteiger partial charge in [0.25, 0.3) is 0 Å². The summed E-state index contributed by atoms with van der Waals surface area (Å²) in [5.74, 6) is 1.16. The fraction of sp³-hybridized carbons (Fsp3) is 0.105. The Balaban J connectivity index is 1.63. The second-order valence-corrected chi connectivity index (χ2v) is 7.23. The average Bonchev–Trinajstić information content (AvgIpc) is 3.29. The minimum Gasteiger partial charge on any atom is -0.290 e. The van der Waals surface area contributed by atoms with Crippen LogP contribution in [0.5, 0.6) is 0 Å². The Kier molecular flexibility index (Phi) is 3.54. The third kappa shape index (κ3) is 2.69. The molecule has 5 rings (SSSR count). The van der Waals surface area contributed by atoms with Crippen LogP contribution in [0.4, 0.5) is 0 Å². The van der Waals surface area contributed by atoms with Crippen molar-refractivity contribution < 1.29 is 0 Å². The fourth-order valence-corrected chi connectivity index (χ4v) is 3.39. The molecule has 0 aliphatic carbocycles. The van der Waals surface area contributed by atoms with Gasteiger partial charge in [0, 0.05) is 28.6 Å². The van der Waals surface area contributed by atoms with Crippen molar-refractivity contribution in [3.05, 3.63) is 64.8 Å². The maximum atomic E-state index is 4.66. The Hall–Kier alpha value is -3.13. The first-order valence-corrected chi connectivity index (χ1v) is 9.19.